The lowest BCUT2D eigenvalue weighted by Crippen LogP contribution is -2.11. The Bertz CT molecular complexity index is 605. The van der Waals surface area contributed by atoms with Gasteiger partial charge in [-0.25, -0.2) is 0 Å². The standard InChI is InChI=1S/C15H15BrN2O2S/c16-12-8-14(10-18-9-12)20-6-5-19-13-3-1-11(2-4-13)7-15(17)21/h1-4,8-10H,5-7H2,(H2,17,21). The van der Waals surface area contributed by atoms with Gasteiger partial charge in [0.2, 0.25) is 0 Å². The van der Waals surface area contributed by atoms with E-state index >= 15 is 0 Å². The molecule has 2 aromatic rings. The Morgan fingerprint density at radius 3 is 2.38 bits per heavy atom. The molecule has 0 saturated carbocycles. The number of halogens is 1. The number of hydrogen-bond donors (Lipinski definition) is 1. The fourth-order valence-corrected chi connectivity index (χ4v) is 2.21. The second-order valence-corrected chi connectivity index (χ2v) is 5.76. The van der Waals surface area contributed by atoms with Gasteiger partial charge in [0, 0.05) is 17.1 Å². The molecule has 1 heterocycles. The Hall–Kier alpha value is -1.66. The number of pyridine rings is 1. The van der Waals surface area contributed by atoms with Crippen LogP contribution in [0.25, 0.3) is 0 Å². The zero-order chi connectivity index (χ0) is 15.1. The molecule has 1 aromatic carbocycles. The molecule has 0 radical (unpaired) electrons. The van der Waals surface area contributed by atoms with Gasteiger partial charge in [-0.1, -0.05) is 24.4 Å². The normalized spacial score (nSPS) is 10.1. The second kappa shape index (κ2) is 7.95. The molecular formula is C15H15BrN2O2S. The Labute approximate surface area is 137 Å². The number of benzene rings is 1. The Kier molecular flexibility index (Phi) is 5.95. The molecule has 0 spiro atoms. The summed E-state index contributed by atoms with van der Waals surface area (Å²) in [7, 11) is 0. The van der Waals surface area contributed by atoms with Crippen molar-refractivity contribution in [1.29, 1.82) is 0 Å². The van der Waals surface area contributed by atoms with Crippen LogP contribution in [0.5, 0.6) is 11.5 Å². The lowest BCUT2D eigenvalue weighted by Gasteiger charge is -2.09. The maximum absolute atomic E-state index is 5.60. The molecule has 0 aliphatic rings. The number of rotatable bonds is 7. The average molecular weight is 367 g/mol. The summed E-state index contributed by atoms with van der Waals surface area (Å²) in [5.74, 6) is 1.50. The average Bonchev–Trinajstić information content (AvgIpc) is 2.45. The summed E-state index contributed by atoms with van der Waals surface area (Å²) in [6.07, 6.45) is 3.97. The van der Waals surface area contributed by atoms with Crippen LogP contribution in [0.1, 0.15) is 5.56 Å². The molecule has 0 bridgehead atoms. The van der Waals surface area contributed by atoms with Gasteiger partial charge in [-0.15, -0.1) is 0 Å². The zero-order valence-electron chi connectivity index (χ0n) is 11.3. The van der Waals surface area contributed by atoms with Crippen LogP contribution < -0.4 is 15.2 Å². The van der Waals surface area contributed by atoms with Crippen LogP contribution in [0.2, 0.25) is 0 Å². The molecule has 21 heavy (non-hydrogen) atoms. The zero-order valence-corrected chi connectivity index (χ0v) is 13.7. The molecule has 110 valence electrons. The number of nitrogens with two attached hydrogens (primary N) is 1. The maximum atomic E-state index is 5.60. The van der Waals surface area contributed by atoms with Crippen molar-refractivity contribution in [1.82, 2.24) is 4.98 Å². The van der Waals surface area contributed by atoms with Crippen molar-refractivity contribution in [3.05, 3.63) is 52.8 Å². The first-order valence-electron chi connectivity index (χ1n) is 6.37. The van der Waals surface area contributed by atoms with E-state index in [1.165, 1.54) is 0 Å². The Balaban J connectivity index is 1.74. The highest BCUT2D eigenvalue weighted by atomic mass is 79.9. The number of thiocarbonyl (C=S) groups is 1. The second-order valence-electron chi connectivity index (χ2n) is 4.32. The fourth-order valence-electron chi connectivity index (χ4n) is 1.70. The number of ether oxygens (including phenoxy) is 2. The van der Waals surface area contributed by atoms with Gasteiger partial charge in [-0.3, -0.25) is 4.98 Å². The highest BCUT2D eigenvalue weighted by Crippen LogP contribution is 2.16. The Morgan fingerprint density at radius 1 is 1.10 bits per heavy atom. The van der Waals surface area contributed by atoms with E-state index in [9.17, 15) is 0 Å². The molecule has 4 nitrogen and oxygen atoms in total. The Morgan fingerprint density at radius 2 is 1.76 bits per heavy atom. The molecule has 2 rings (SSSR count). The summed E-state index contributed by atoms with van der Waals surface area (Å²) in [5, 5.41) is 0. The molecule has 2 N–H and O–H groups in total. The van der Waals surface area contributed by atoms with Crippen molar-refractivity contribution >= 4 is 33.1 Å². The molecule has 0 aliphatic heterocycles. The number of hydrogen-bond acceptors (Lipinski definition) is 4. The molecule has 0 fully saturated rings. The van der Waals surface area contributed by atoms with Gasteiger partial charge in [0.15, 0.2) is 0 Å². The predicted octanol–water partition coefficient (Wildman–Crippen LogP) is 3.13. The monoisotopic (exact) mass is 366 g/mol. The summed E-state index contributed by atoms with van der Waals surface area (Å²) in [5.41, 5.74) is 6.58. The largest absolute Gasteiger partial charge is 0.490 e. The first kappa shape index (κ1) is 15.7. The van der Waals surface area contributed by atoms with Crippen LogP contribution >= 0.6 is 28.1 Å². The highest BCUT2D eigenvalue weighted by Gasteiger charge is 1.99. The third-order valence-corrected chi connectivity index (χ3v) is 3.18. The molecule has 0 amide bonds. The van der Waals surface area contributed by atoms with Crippen LogP contribution in [-0.4, -0.2) is 23.2 Å². The smallest absolute Gasteiger partial charge is 0.138 e. The quantitative estimate of drug-likeness (QED) is 0.602. The highest BCUT2D eigenvalue weighted by molar-refractivity contribution is 9.10. The summed E-state index contributed by atoms with van der Waals surface area (Å²) in [6.45, 7) is 0.911. The number of nitrogens with zero attached hydrogens (tertiary/aromatic N) is 1. The molecule has 1 aromatic heterocycles. The lowest BCUT2D eigenvalue weighted by atomic mass is 10.1. The molecule has 0 unspecified atom stereocenters. The first-order chi connectivity index (χ1) is 10.1. The summed E-state index contributed by atoms with van der Waals surface area (Å²) in [6, 6.07) is 9.56. The SMILES string of the molecule is NC(=S)Cc1ccc(OCCOc2cncc(Br)c2)cc1. The molecule has 0 aliphatic carbocycles. The van der Waals surface area contributed by atoms with E-state index < -0.39 is 0 Å². The van der Waals surface area contributed by atoms with Gasteiger partial charge in [0.25, 0.3) is 0 Å². The molecule has 6 heteroatoms. The minimum Gasteiger partial charge on any atom is -0.490 e. The van der Waals surface area contributed by atoms with Gasteiger partial charge in [-0.2, -0.15) is 0 Å². The minimum atomic E-state index is 0.451. The van der Waals surface area contributed by atoms with E-state index in [0.29, 0.717) is 30.4 Å². The van der Waals surface area contributed by atoms with E-state index in [2.05, 4.69) is 20.9 Å². The summed E-state index contributed by atoms with van der Waals surface area (Å²) in [4.78, 5) is 4.51. The van der Waals surface area contributed by atoms with E-state index in [1.807, 2.05) is 30.3 Å². The van der Waals surface area contributed by atoms with Crippen LogP contribution in [0.15, 0.2) is 47.2 Å². The van der Waals surface area contributed by atoms with E-state index in [0.717, 1.165) is 15.8 Å². The van der Waals surface area contributed by atoms with Crippen molar-refractivity contribution < 1.29 is 9.47 Å². The number of aromatic nitrogens is 1. The van der Waals surface area contributed by atoms with Crippen molar-refractivity contribution in [3.63, 3.8) is 0 Å². The van der Waals surface area contributed by atoms with Crippen LogP contribution in [0.4, 0.5) is 0 Å². The van der Waals surface area contributed by atoms with Gasteiger partial charge in [0.05, 0.1) is 11.2 Å². The molecule has 0 saturated heterocycles. The predicted molar refractivity (Wildman–Crippen MR) is 89.9 cm³/mol. The van der Waals surface area contributed by atoms with Crippen molar-refractivity contribution in [2.45, 2.75) is 6.42 Å². The molecule has 0 atom stereocenters. The van der Waals surface area contributed by atoms with Gasteiger partial charge in [-0.05, 0) is 39.7 Å². The fraction of sp³-hybridized carbons (Fsp3) is 0.200. The third kappa shape index (κ3) is 5.69. The van der Waals surface area contributed by atoms with Gasteiger partial charge < -0.3 is 15.2 Å². The van der Waals surface area contributed by atoms with E-state index in [4.69, 9.17) is 27.4 Å². The van der Waals surface area contributed by atoms with Gasteiger partial charge in [0.1, 0.15) is 24.7 Å². The first-order valence-corrected chi connectivity index (χ1v) is 7.57. The van der Waals surface area contributed by atoms with E-state index in [-0.39, 0.29) is 0 Å². The maximum Gasteiger partial charge on any atom is 0.138 e. The van der Waals surface area contributed by atoms with E-state index in [1.54, 1.807) is 12.4 Å². The van der Waals surface area contributed by atoms with Crippen LogP contribution in [0.3, 0.4) is 0 Å². The topological polar surface area (TPSA) is 57.4 Å². The van der Waals surface area contributed by atoms with Crippen LogP contribution in [-0.2, 0) is 6.42 Å². The minimum absolute atomic E-state index is 0.451. The lowest BCUT2D eigenvalue weighted by molar-refractivity contribution is 0.216. The van der Waals surface area contributed by atoms with Gasteiger partial charge >= 0.3 is 0 Å². The molecular weight excluding hydrogens is 352 g/mol. The third-order valence-electron chi connectivity index (χ3n) is 2.60. The van der Waals surface area contributed by atoms with Crippen LogP contribution in [0, 0.1) is 0 Å². The van der Waals surface area contributed by atoms with Crippen molar-refractivity contribution in [2.75, 3.05) is 13.2 Å². The summed E-state index contributed by atoms with van der Waals surface area (Å²) >= 11 is 8.21. The van der Waals surface area contributed by atoms with Crippen molar-refractivity contribution in [3.8, 4) is 11.5 Å². The summed E-state index contributed by atoms with van der Waals surface area (Å²) < 4.78 is 12.0. The van der Waals surface area contributed by atoms with Crippen molar-refractivity contribution in [2.24, 2.45) is 5.73 Å².